The van der Waals surface area contributed by atoms with Crippen molar-refractivity contribution in [1.82, 2.24) is 5.32 Å². The van der Waals surface area contributed by atoms with Crippen molar-refractivity contribution in [3.63, 3.8) is 0 Å². The maximum absolute atomic E-state index is 11.0. The minimum absolute atomic E-state index is 0.125. The summed E-state index contributed by atoms with van der Waals surface area (Å²) in [6.07, 6.45) is 2.93. The molecule has 12 heavy (non-hydrogen) atoms. The average molecular weight is 171 g/mol. The first-order chi connectivity index (χ1) is 5.76. The van der Waals surface area contributed by atoms with Gasteiger partial charge in [-0.15, -0.1) is 0 Å². The lowest BCUT2D eigenvalue weighted by Crippen LogP contribution is -2.34. The predicted octanol–water partition coefficient (Wildman–Crippen LogP) is 1.08. The van der Waals surface area contributed by atoms with E-state index in [1.165, 1.54) is 0 Å². The van der Waals surface area contributed by atoms with Gasteiger partial charge >= 0.3 is 0 Å². The fourth-order valence-electron chi connectivity index (χ4n) is 1.42. The minimum atomic E-state index is 0.125. The van der Waals surface area contributed by atoms with Crippen molar-refractivity contribution in [2.75, 3.05) is 6.61 Å². The third kappa shape index (κ3) is 2.48. The number of nitrogens with one attached hydrogen (secondary N) is 1. The number of amides is 1. The van der Waals surface area contributed by atoms with Crippen molar-refractivity contribution in [2.45, 2.75) is 45.3 Å². The molecule has 70 valence electrons. The van der Waals surface area contributed by atoms with Gasteiger partial charge in [0, 0.05) is 6.42 Å². The summed E-state index contributed by atoms with van der Waals surface area (Å²) in [7, 11) is 0. The van der Waals surface area contributed by atoms with E-state index in [4.69, 9.17) is 4.74 Å². The molecule has 3 nitrogen and oxygen atoms in total. The van der Waals surface area contributed by atoms with Crippen molar-refractivity contribution in [2.24, 2.45) is 0 Å². The molecule has 1 heterocycles. The SMILES string of the molecule is CCC(=O)NC1COC(CC)C1. The zero-order valence-corrected chi connectivity index (χ0v) is 7.80. The zero-order valence-electron chi connectivity index (χ0n) is 7.80. The summed E-state index contributed by atoms with van der Waals surface area (Å²) in [6.45, 7) is 4.65. The van der Waals surface area contributed by atoms with Crippen LogP contribution in [0.15, 0.2) is 0 Å². The van der Waals surface area contributed by atoms with Gasteiger partial charge in [0.1, 0.15) is 0 Å². The summed E-state index contributed by atoms with van der Waals surface area (Å²) in [6, 6.07) is 0.252. The number of ether oxygens (including phenoxy) is 1. The van der Waals surface area contributed by atoms with Gasteiger partial charge in [-0.05, 0) is 12.8 Å². The van der Waals surface area contributed by atoms with Crippen LogP contribution in [0, 0.1) is 0 Å². The molecule has 1 amide bonds. The lowest BCUT2D eigenvalue weighted by molar-refractivity contribution is -0.121. The molecule has 1 aliphatic heterocycles. The molecule has 0 aliphatic carbocycles. The van der Waals surface area contributed by atoms with Crippen LogP contribution in [0.5, 0.6) is 0 Å². The highest BCUT2D eigenvalue weighted by Gasteiger charge is 2.24. The molecule has 2 unspecified atom stereocenters. The zero-order chi connectivity index (χ0) is 8.97. The smallest absolute Gasteiger partial charge is 0.220 e. The van der Waals surface area contributed by atoms with Gasteiger partial charge in [0.05, 0.1) is 18.8 Å². The van der Waals surface area contributed by atoms with Gasteiger partial charge in [0.15, 0.2) is 0 Å². The van der Waals surface area contributed by atoms with Gasteiger partial charge in [-0.25, -0.2) is 0 Å². The van der Waals surface area contributed by atoms with Crippen molar-refractivity contribution in [3.05, 3.63) is 0 Å². The third-order valence-electron chi connectivity index (χ3n) is 2.22. The van der Waals surface area contributed by atoms with E-state index in [1.807, 2.05) is 6.92 Å². The standard InChI is InChI=1S/C9H17NO2/c1-3-8-5-7(6-12-8)10-9(11)4-2/h7-8H,3-6H2,1-2H3,(H,10,11). The van der Waals surface area contributed by atoms with E-state index < -0.39 is 0 Å². The van der Waals surface area contributed by atoms with E-state index in [9.17, 15) is 4.79 Å². The predicted molar refractivity (Wildman–Crippen MR) is 46.9 cm³/mol. The second-order valence-corrected chi connectivity index (χ2v) is 3.22. The molecule has 0 aromatic carbocycles. The average Bonchev–Trinajstić information content (AvgIpc) is 2.52. The summed E-state index contributed by atoms with van der Waals surface area (Å²) in [5, 5.41) is 2.93. The van der Waals surface area contributed by atoms with E-state index in [-0.39, 0.29) is 11.9 Å². The lowest BCUT2D eigenvalue weighted by Gasteiger charge is -2.09. The Balaban J connectivity index is 2.23. The van der Waals surface area contributed by atoms with Crippen molar-refractivity contribution < 1.29 is 9.53 Å². The van der Waals surface area contributed by atoms with Crippen LogP contribution in [0.4, 0.5) is 0 Å². The van der Waals surface area contributed by atoms with Crippen molar-refractivity contribution in [3.8, 4) is 0 Å². The summed E-state index contributed by atoms with van der Waals surface area (Å²) in [5.41, 5.74) is 0. The second-order valence-electron chi connectivity index (χ2n) is 3.22. The van der Waals surface area contributed by atoms with Gasteiger partial charge in [-0.3, -0.25) is 4.79 Å². The summed E-state index contributed by atoms with van der Waals surface area (Å²) < 4.78 is 5.45. The van der Waals surface area contributed by atoms with Crippen LogP contribution in [0.1, 0.15) is 33.1 Å². The van der Waals surface area contributed by atoms with Crippen LogP contribution >= 0.6 is 0 Å². The number of carbonyl (C=O) groups is 1. The molecule has 0 spiro atoms. The number of rotatable bonds is 3. The molecule has 0 aromatic rings. The highest BCUT2D eigenvalue weighted by atomic mass is 16.5. The molecule has 0 bridgehead atoms. The molecule has 3 heteroatoms. The van der Waals surface area contributed by atoms with E-state index in [1.54, 1.807) is 0 Å². The van der Waals surface area contributed by atoms with Crippen molar-refractivity contribution >= 4 is 5.91 Å². The van der Waals surface area contributed by atoms with Gasteiger partial charge in [0.25, 0.3) is 0 Å². The fraction of sp³-hybridized carbons (Fsp3) is 0.889. The molecule has 2 atom stereocenters. The summed E-state index contributed by atoms with van der Waals surface area (Å²) in [5.74, 6) is 0.125. The molecule has 1 fully saturated rings. The molecular weight excluding hydrogens is 154 g/mol. The quantitative estimate of drug-likeness (QED) is 0.690. The Hall–Kier alpha value is -0.570. The number of hydrogen-bond donors (Lipinski definition) is 1. The van der Waals surface area contributed by atoms with Gasteiger partial charge in [-0.1, -0.05) is 13.8 Å². The topological polar surface area (TPSA) is 38.3 Å². The first-order valence-corrected chi connectivity index (χ1v) is 4.67. The Morgan fingerprint density at radius 3 is 2.83 bits per heavy atom. The molecule has 0 saturated carbocycles. The molecule has 1 saturated heterocycles. The Morgan fingerprint density at radius 1 is 1.58 bits per heavy atom. The summed E-state index contributed by atoms with van der Waals surface area (Å²) >= 11 is 0. The molecule has 0 radical (unpaired) electrons. The molecular formula is C9H17NO2. The largest absolute Gasteiger partial charge is 0.376 e. The third-order valence-corrected chi connectivity index (χ3v) is 2.22. The van der Waals surface area contributed by atoms with Crippen LogP contribution in [0.2, 0.25) is 0 Å². The highest BCUT2D eigenvalue weighted by Crippen LogP contribution is 2.15. The maximum Gasteiger partial charge on any atom is 0.220 e. The Morgan fingerprint density at radius 2 is 2.33 bits per heavy atom. The minimum Gasteiger partial charge on any atom is -0.376 e. The van der Waals surface area contributed by atoms with Crippen molar-refractivity contribution in [1.29, 1.82) is 0 Å². The van der Waals surface area contributed by atoms with E-state index in [2.05, 4.69) is 12.2 Å². The summed E-state index contributed by atoms with van der Waals surface area (Å²) in [4.78, 5) is 11.0. The highest BCUT2D eigenvalue weighted by molar-refractivity contribution is 5.75. The van der Waals surface area contributed by atoms with Crippen LogP contribution < -0.4 is 5.32 Å². The van der Waals surface area contributed by atoms with Crippen LogP contribution in [0.3, 0.4) is 0 Å². The van der Waals surface area contributed by atoms with Gasteiger partial charge in [0.2, 0.25) is 5.91 Å². The van der Waals surface area contributed by atoms with Crippen LogP contribution in [0.25, 0.3) is 0 Å². The van der Waals surface area contributed by atoms with E-state index in [0.717, 1.165) is 12.8 Å². The first kappa shape index (κ1) is 9.52. The van der Waals surface area contributed by atoms with Gasteiger partial charge < -0.3 is 10.1 Å². The number of hydrogen-bond acceptors (Lipinski definition) is 2. The molecule has 1 rings (SSSR count). The molecule has 1 aliphatic rings. The molecule has 1 N–H and O–H groups in total. The second kappa shape index (κ2) is 4.45. The maximum atomic E-state index is 11.0. The van der Waals surface area contributed by atoms with Crippen LogP contribution in [-0.4, -0.2) is 24.7 Å². The Kier molecular flexibility index (Phi) is 3.53. The normalized spacial score (nSPS) is 28.8. The lowest BCUT2D eigenvalue weighted by atomic mass is 10.1. The van der Waals surface area contributed by atoms with Crippen LogP contribution in [-0.2, 0) is 9.53 Å². The van der Waals surface area contributed by atoms with E-state index >= 15 is 0 Å². The Bertz CT molecular complexity index is 159. The van der Waals surface area contributed by atoms with E-state index in [0.29, 0.717) is 19.1 Å². The Labute approximate surface area is 73.5 Å². The fourth-order valence-corrected chi connectivity index (χ4v) is 1.42. The number of carbonyl (C=O) groups excluding carboxylic acids is 1. The van der Waals surface area contributed by atoms with Gasteiger partial charge in [-0.2, -0.15) is 0 Å². The first-order valence-electron chi connectivity index (χ1n) is 4.67. The molecule has 0 aromatic heterocycles. The monoisotopic (exact) mass is 171 g/mol.